The van der Waals surface area contributed by atoms with Gasteiger partial charge in [-0.15, -0.1) is 0 Å². The van der Waals surface area contributed by atoms with E-state index in [0.717, 1.165) is 22.5 Å². The van der Waals surface area contributed by atoms with Gasteiger partial charge in [-0.1, -0.05) is 25.1 Å². The Hall–Kier alpha value is -2.03. The van der Waals surface area contributed by atoms with Gasteiger partial charge in [0.2, 0.25) is 0 Å². The summed E-state index contributed by atoms with van der Waals surface area (Å²) in [4.78, 5) is 11.2. The number of hydrogen-bond acceptors (Lipinski definition) is 1. The lowest BCUT2D eigenvalue weighted by atomic mass is 10.1. The third kappa shape index (κ3) is 1.92. The van der Waals surface area contributed by atoms with Gasteiger partial charge in [0.25, 0.3) is 0 Å². The van der Waals surface area contributed by atoms with E-state index in [1.807, 2.05) is 49.7 Å². The number of aryl methyl sites for hydroxylation is 2. The maximum absolute atomic E-state index is 11.2. The zero-order chi connectivity index (χ0) is 13.3. The summed E-state index contributed by atoms with van der Waals surface area (Å²) in [5.74, 6) is -0.864. The fourth-order valence-corrected chi connectivity index (χ4v) is 2.42. The quantitative estimate of drug-likeness (QED) is 0.898. The molecule has 1 heterocycles. The highest BCUT2D eigenvalue weighted by atomic mass is 16.4. The van der Waals surface area contributed by atoms with Crippen molar-refractivity contribution in [1.29, 1.82) is 0 Å². The van der Waals surface area contributed by atoms with Crippen LogP contribution < -0.4 is 0 Å². The number of carbonyl (C=O) groups is 1. The van der Waals surface area contributed by atoms with Crippen LogP contribution in [0.5, 0.6) is 0 Å². The van der Waals surface area contributed by atoms with E-state index in [2.05, 4.69) is 0 Å². The third-order valence-electron chi connectivity index (χ3n) is 3.24. The van der Waals surface area contributed by atoms with Crippen molar-refractivity contribution >= 4 is 5.97 Å². The molecule has 0 unspecified atom stereocenters. The van der Waals surface area contributed by atoms with Gasteiger partial charge in [-0.25, -0.2) is 4.79 Å². The molecule has 94 valence electrons. The second-order valence-corrected chi connectivity index (χ2v) is 4.45. The molecule has 18 heavy (non-hydrogen) atoms. The summed E-state index contributed by atoms with van der Waals surface area (Å²) in [5, 5.41) is 9.18. The first kappa shape index (κ1) is 12.4. The van der Waals surface area contributed by atoms with Gasteiger partial charge in [0.05, 0.1) is 11.3 Å². The molecular weight excluding hydrogens is 226 g/mol. The maximum Gasteiger partial charge on any atom is 0.337 e. The van der Waals surface area contributed by atoms with Crippen LogP contribution in [0.25, 0.3) is 5.69 Å². The monoisotopic (exact) mass is 243 g/mol. The average molecular weight is 243 g/mol. The Bertz CT molecular complexity index is 576. The van der Waals surface area contributed by atoms with Gasteiger partial charge in [-0.2, -0.15) is 0 Å². The molecule has 1 N–H and O–H groups in total. The van der Waals surface area contributed by atoms with E-state index in [9.17, 15) is 9.90 Å². The number of aromatic nitrogens is 1. The largest absolute Gasteiger partial charge is 0.478 e. The van der Waals surface area contributed by atoms with Gasteiger partial charge < -0.3 is 9.67 Å². The molecule has 2 rings (SSSR count). The third-order valence-corrected chi connectivity index (χ3v) is 3.24. The molecule has 0 atom stereocenters. The van der Waals surface area contributed by atoms with E-state index in [0.29, 0.717) is 12.0 Å². The van der Waals surface area contributed by atoms with Crippen LogP contribution >= 0.6 is 0 Å². The lowest BCUT2D eigenvalue weighted by Gasteiger charge is -2.14. The molecule has 3 nitrogen and oxygen atoms in total. The number of rotatable bonds is 3. The van der Waals surface area contributed by atoms with Crippen molar-refractivity contribution in [3.05, 3.63) is 52.8 Å². The summed E-state index contributed by atoms with van der Waals surface area (Å²) >= 11 is 0. The number of aromatic carboxylic acids is 1. The molecule has 0 bridgehead atoms. The first-order valence-corrected chi connectivity index (χ1v) is 6.06. The Morgan fingerprint density at radius 2 is 1.83 bits per heavy atom. The Morgan fingerprint density at radius 3 is 2.33 bits per heavy atom. The highest BCUT2D eigenvalue weighted by Crippen LogP contribution is 2.23. The SMILES string of the molecule is CCc1c(C(=O)O)ccn1-c1c(C)cccc1C. The van der Waals surface area contributed by atoms with Crippen molar-refractivity contribution in [3.8, 4) is 5.69 Å². The summed E-state index contributed by atoms with van der Waals surface area (Å²) in [6, 6.07) is 7.78. The van der Waals surface area contributed by atoms with E-state index >= 15 is 0 Å². The van der Waals surface area contributed by atoms with E-state index < -0.39 is 5.97 Å². The van der Waals surface area contributed by atoms with Crippen molar-refractivity contribution in [1.82, 2.24) is 4.57 Å². The summed E-state index contributed by atoms with van der Waals surface area (Å²) in [6.45, 7) is 6.07. The van der Waals surface area contributed by atoms with Gasteiger partial charge >= 0.3 is 5.97 Å². The molecule has 1 aromatic carbocycles. The van der Waals surface area contributed by atoms with Crippen LogP contribution in [0.3, 0.4) is 0 Å². The van der Waals surface area contributed by atoms with E-state index in [1.165, 1.54) is 0 Å². The van der Waals surface area contributed by atoms with E-state index in [4.69, 9.17) is 0 Å². The van der Waals surface area contributed by atoms with Gasteiger partial charge in [0, 0.05) is 11.9 Å². The van der Waals surface area contributed by atoms with Crippen molar-refractivity contribution < 1.29 is 9.90 Å². The van der Waals surface area contributed by atoms with Crippen molar-refractivity contribution in [3.63, 3.8) is 0 Å². The number of hydrogen-bond donors (Lipinski definition) is 1. The second kappa shape index (κ2) is 4.69. The summed E-state index contributed by atoms with van der Waals surface area (Å²) in [5.41, 5.74) is 4.62. The Balaban J connectivity index is 2.68. The molecular formula is C15H17NO2. The number of carboxylic acids is 1. The molecule has 0 fully saturated rings. The molecule has 0 spiro atoms. The Morgan fingerprint density at radius 1 is 1.22 bits per heavy atom. The van der Waals surface area contributed by atoms with Gasteiger partial charge in [-0.05, 0) is 37.5 Å². The predicted molar refractivity (Wildman–Crippen MR) is 71.6 cm³/mol. The lowest BCUT2D eigenvalue weighted by molar-refractivity contribution is 0.0696. The summed E-state index contributed by atoms with van der Waals surface area (Å²) in [6.07, 6.45) is 2.54. The normalized spacial score (nSPS) is 10.6. The highest BCUT2D eigenvalue weighted by Gasteiger charge is 2.16. The molecule has 0 amide bonds. The minimum Gasteiger partial charge on any atom is -0.478 e. The van der Waals surface area contributed by atoms with Crippen molar-refractivity contribution in [2.45, 2.75) is 27.2 Å². The van der Waals surface area contributed by atoms with Crippen LogP contribution in [-0.4, -0.2) is 15.6 Å². The minimum atomic E-state index is -0.864. The molecule has 0 radical (unpaired) electrons. The van der Waals surface area contributed by atoms with Crippen LogP contribution in [0.1, 0.15) is 34.1 Å². The van der Waals surface area contributed by atoms with E-state index in [-0.39, 0.29) is 0 Å². The minimum absolute atomic E-state index is 0.389. The van der Waals surface area contributed by atoms with Gasteiger partial charge in [-0.3, -0.25) is 0 Å². The zero-order valence-electron chi connectivity index (χ0n) is 10.9. The summed E-state index contributed by atoms with van der Waals surface area (Å²) < 4.78 is 1.99. The fraction of sp³-hybridized carbons (Fsp3) is 0.267. The number of para-hydroxylation sites is 1. The van der Waals surface area contributed by atoms with Crippen LogP contribution in [0.4, 0.5) is 0 Å². The number of nitrogens with zero attached hydrogens (tertiary/aromatic N) is 1. The first-order chi connectivity index (χ1) is 8.56. The molecule has 3 heteroatoms. The van der Waals surface area contributed by atoms with Crippen LogP contribution in [0.15, 0.2) is 30.5 Å². The molecule has 0 aliphatic carbocycles. The molecule has 2 aromatic rings. The van der Waals surface area contributed by atoms with Crippen molar-refractivity contribution in [2.75, 3.05) is 0 Å². The lowest BCUT2D eigenvalue weighted by Crippen LogP contribution is -2.06. The molecule has 0 saturated heterocycles. The van der Waals surface area contributed by atoms with E-state index in [1.54, 1.807) is 6.07 Å². The smallest absolute Gasteiger partial charge is 0.337 e. The summed E-state index contributed by atoms with van der Waals surface area (Å²) in [7, 11) is 0. The fourth-order valence-electron chi connectivity index (χ4n) is 2.42. The average Bonchev–Trinajstić information content (AvgIpc) is 2.72. The molecule has 1 aromatic heterocycles. The van der Waals surface area contributed by atoms with Gasteiger partial charge in [0.15, 0.2) is 0 Å². The highest BCUT2D eigenvalue weighted by molar-refractivity contribution is 5.89. The molecule has 0 aliphatic heterocycles. The Labute approximate surface area is 107 Å². The molecule has 0 aliphatic rings. The van der Waals surface area contributed by atoms with Crippen molar-refractivity contribution in [2.24, 2.45) is 0 Å². The van der Waals surface area contributed by atoms with Crippen LogP contribution in [-0.2, 0) is 6.42 Å². The van der Waals surface area contributed by atoms with Crippen LogP contribution in [0, 0.1) is 13.8 Å². The second-order valence-electron chi connectivity index (χ2n) is 4.45. The standard InChI is InChI=1S/C15H17NO2/c1-4-13-12(15(17)18)8-9-16(13)14-10(2)6-5-7-11(14)3/h5-9H,4H2,1-3H3,(H,17,18). The zero-order valence-corrected chi connectivity index (χ0v) is 10.9. The topological polar surface area (TPSA) is 42.2 Å². The Kier molecular flexibility index (Phi) is 3.24. The van der Waals surface area contributed by atoms with Gasteiger partial charge in [0.1, 0.15) is 0 Å². The first-order valence-electron chi connectivity index (χ1n) is 6.06. The maximum atomic E-state index is 11.2. The molecule has 0 saturated carbocycles. The number of benzene rings is 1. The van der Waals surface area contributed by atoms with Crippen LogP contribution in [0.2, 0.25) is 0 Å². The predicted octanol–water partition coefficient (Wildman–Crippen LogP) is 3.35. The number of carboxylic acid groups (broad SMARTS) is 1.